The second kappa shape index (κ2) is 6.81. The molecule has 7 nitrogen and oxygen atoms in total. The Hall–Kier alpha value is -1.71. The lowest BCUT2D eigenvalue weighted by atomic mass is 10.4. The van der Waals surface area contributed by atoms with Crippen molar-refractivity contribution in [3.63, 3.8) is 0 Å². The lowest BCUT2D eigenvalue weighted by molar-refractivity contribution is -0.132. The van der Waals surface area contributed by atoms with E-state index >= 15 is 0 Å². The first-order valence-corrected chi connectivity index (χ1v) is 9.78. The molecule has 1 aliphatic rings. The van der Waals surface area contributed by atoms with Crippen LogP contribution in [0.4, 0.5) is 0 Å². The molecular formula is C14H16N2O5S2. The molecule has 0 aromatic carbocycles. The van der Waals surface area contributed by atoms with E-state index in [1.807, 2.05) is 0 Å². The summed E-state index contributed by atoms with van der Waals surface area (Å²) < 4.78 is 34.8. The molecule has 0 saturated carbocycles. The minimum absolute atomic E-state index is 0.250. The quantitative estimate of drug-likeness (QED) is 0.799. The van der Waals surface area contributed by atoms with Crippen molar-refractivity contribution >= 4 is 27.1 Å². The molecule has 0 radical (unpaired) electrons. The van der Waals surface area contributed by atoms with Gasteiger partial charge in [0.1, 0.15) is 5.75 Å². The largest absolute Gasteiger partial charge is 0.462 e. The third kappa shape index (κ3) is 4.18. The highest BCUT2D eigenvalue weighted by Gasteiger charge is 2.24. The number of ether oxygens (including phenoxy) is 1. The molecule has 0 atom stereocenters. The van der Waals surface area contributed by atoms with Crippen LogP contribution >= 0.6 is 11.3 Å². The van der Waals surface area contributed by atoms with Gasteiger partial charge in [0, 0.05) is 18.5 Å². The van der Waals surface area contributed by atoms with Gasteiger partial charge < -0.3 is 14.1 Å². The number of furan rings is 1. The van der Waals surface area contributed by atoms with Crippen LogP contribution in [0.25, 0.3) is 10.8 Å². The van der Waals surface area contributed by atoms with E-state index in [0.717, 1.165) is 0 Å². The molecule has 0 N–H and O–H groups in total. The van der Waals surface area contributed by atoms with Gasteiger partial charge in [0.05, 0.1) is 30.9 Å². The number of thiazole rings is 1. The number of hydrogen-bond donors (Lipinski definition) is 0. The summed E-state index contributed by atoms with van der Waals surface area (Å²) in [5.74, 6) is -0.529. The highest BCUT2D eigenvalue weighted by molar-refractivity contribution is 7.91. The van der Waals surface area contributed by atoms with Crippen molar-refractivity contribution in [2.24, 2.45) is 0 Å². The molecule has 23 heavy (non-hydrogen) atoms. The smallest absolute Gasteiger partial charge is 0.237 e. The monoisotopic (exact) mass is 356 g/mol. The van der Waals surface area contributed by atoms with Crippen LogP contribution in [0.5, 0.6) is 0 Å². The van der Waals surface area contributed by atoms with E-state index < -0.39 is 15.6 Å². The molecule has 0 bridgehead atoms. The minimum atomic E-state index is -3.56. The first-order valence-electron chi connectivity index (χ1n) is 7.08. The average Bonchev–Trinajstić information content (AvgIpc) is 3.18. The van der Waals surface area contributed by atoms with Gasteiger partial charge in [-0.3, -0.25) is 4.79 Å². The van der Waals surface area contributed by atoms with Gasteiger partial charge in [-0.05, 0) is 12.1 Å². The van der Waals surface area contributed by atoms with E-state index in [0.29, 0.717) is 42.8 Å². The number of sulfone groups is 1. The summed E-state index contributed by atoms with van der Waals surface area (Å²) in [6.45, 7) is 1.77. The Kier molecular flexibility index (Phi) is 4.79. The van der Waals surface area contributed by atoms with E-state index in [4.69, 9.17) is 9.15 Å². The summed E-state index contributed by atoms with van der Waals surface area (Å²) in [6.07, 6.45) is 1.54. The number of carbonyl (C=O) groups excluding carboxylic acids is 1. The molecule has 2 aromatic rings. The van der Waals surface area contributed by atoms with Gasteiger partial charge in [-0.1, -0.05) is 0 Å². The Balaban J connectivity index is 1.63. The normalized spacial score (nSPS) is 15.7. The van der Waals surface area contributed by atoms with Crippen molar-refractivity contribution in [1.82, 2.24) is 9.88 Å². The summed E-state index contributed by atoms with van der Waals surface area (Å²) in [5.41, 5.74) is 0.427. The molecule has 0 spiro atoms. The third-order valence-electron chi connectivity index (χ3n) is 3.36. The Bertz CT molecular complexity index is 761. The van der Waals surface area contributed by atoms with E-state index in [-0.39, 0.29) is 11.7 Å². The predicted molar refractivity (Wildman–Crippen MR) is 84.7 cm³/mol. The van der Waals surface area contributed by atoms with Crippen molar-refractivity contribution in [2.75, 3.05) is 32.1 Å². The summed E-state index contributed by atoms with van der Waals surface area (Å²) in [7, 11) is -3.56. The molecule has 3 heterocycles. The zero-order valence-corrected chi connectivity index (χ0v) is 13.9. The molecule has 1 fully saturated rings. The number of aromatic nitrogens is 1. The first kappa shape index (κ1) is 16.2. The lowest BCUT2D eigenvalue weighted by Crippen LogP contribution is -2.43. The van der Waals surface area contributed by atoms with Gasteiger partial charge >= 0.3 is 0 Å². The molecule has 2 aromatic heterocycles. The second-order valence-electron chi connectivity index (χ2n) is 5.15. The fourth-order valence-corrected chi connectivity index (χ4v) is 4.41. The van der Waals surface area contributed by atoms with Crippen LogP contribution in [-0.4, -0.2) is 56.3 Å². The maximum Gasteiger partial charge on any atom is 0.237 e. The molecule has 124 valence electrons. The van der Waals surface area contributed by atoms with Gasteiger partial charge in [0.25, 0.3) is 0 Å². The average molecular weight is 356 g/mol. The van der Waals surface area contributed by atoms with Crippen molar-refractivity contribution in [3.05, 3.63) is 29.5 Å². The first-order chi connectivity index (χ1) is 11.0. The van der Waals surface area contributed by atoms with E-state index in [1.165, 1.54) is 22.5 Å². The number of carbonyl (C=O) groups is 1. The maximum absolute atomic E-state index is 12.2. The van der Waals surface area contributed by atoms with Crippen LogP contribution in [0.1, 0.15) is 5.69 Å². The van der Waals surface area contributed by atoms with Gasteiger partial charge in [0.2, 0.25) is 5.91 Å². The molecule has 1 saturated heterocycles. The fraction of sp³-hybridized carbons (Fsp3) is 0.429. The van der Waals surface area contributed by atoms with Gasteiger partial charge in [-0.15, -0.1) is 11.3 Å². The Labute approximate surface area is 137 Å². The highest BCUT2D eigenvalue weighted by Crippen LogP contribution is 2.24. The zero-order chi connectivity index (χ0) is 16.3. The van der Waals surface area contributed by atoms with Crippen LogP contribution in [0.15, 0.2) is 28.2 Å². The van der Waals surface area contributed by atoms with Gasteiger partial charge in [-0.25, -0.2) is 13.4 Å². The van der Waals surface area contributed by atoms with E-state index in [1.54, 1.807) is 17.5 Å². The summed E-state index contributed by atoms with van der Waals surface area (Å²) >= 11 is 1.31. The van der Waals surface area contributed by atoms with Crippen LogP contribution in [-0.2, 0) is 25.1 Å². The van der Waals surface area contributed by atoms with Crippen molar-refractivity contribution in [2.45, 2.75) is 5.75 Å². The van der Waals surface area contributed by atoms with Crippen molar-refractivity contribution in [3.8, 4) is 10.8 Å². The van der Waals surface area contributed by atoms with E-state index in [2.05, 4.69) is 4.98 Å². The third-order valence-corrected chi connectivity index (χ3v) is 5.69. The van der Waals surface area contributed by atoms with Crippen LogP contribution in [0.2, 0.25) is 0 Å². The number of hydrogen-bond acceptors (Lipinski definition) is 7. The van der Waals surface area contributed by atoms with Crippen LogP contribution in [0.3, 0.4) is 0 Å². The summed E-state index contributed by atoms with van der Waals surface area (Å²) in [4.78, 5) is 17.8. The molecule has 3 rings (SSSR count). The molecule has 1 aliphatic heterocycles. The van der Waals surface area contributed by atoms with E-state index in [9.17, 15) is 13.2 Å². The molecular weight excluding hydrogens is 340 g/mol. The highest BCUT2D eigenvalue weighted by atomic mass is 32.2. The number of amides is 1. The molecule has 1 amide bonds. The van der Waals surface area contributed by atoms with Gasteiger partial charge in [0.15, 0.2) is 20.6 Å². The molecule has 9 heteroatoms. The van der Waals surface area contributed by atoms with Crippen LogP contribution < -0.4 is 0 Å². The standard InChI is InChI=1S/C14H16N2O5S2/c17-13(16-3-6-20-7-4-16)10-23(18,19)9-11-8-22-14(15-11)12-2-1-5-21-12/h1-2,5,8H,3-4,6-7,9-10H2. The lowest BCUT2D eigenvalue weighted by Gasteiger charge is -2.26. The Morgan fingerprint density at radius 1 is 1.35 bits per heavy atom. The predicted octanol–water partition coefficient (Wildman–Crippen LogP) is 1.18. The topological polar surface area (TPSA) is 89.7 Å². The summed E-state index contributed by atoms with van der Waals surface area (Å²) in [5, 5.41) is 2.30. The summed E-state index contributed by atoms with van der Waals surface area (Å²) in [6, 6.07) is 3.51. The molecule has 0 aliphatic carbocycles. The Morgan fingerprint density at radius 2 is 2.13 bits per heavy atom. The number of nitrogens with zero attached hydrogens (tertiary/aromatic N) is 2. The molecule has 0 unspecified atom stereocenters. The maximum atomic E-state index is 12.2. The minimum Gasteiger partial charge on any atom is -0.462 e. The van der Waals surface area contributed by atoms with Crippen molar-refractivity contribution < 1.29 is 22.4 Å². The Morgan fingerprint density at radius 3 is 2.83 bits per heavy atom. The fourth-order valence-electron chi connectivity index (χ4n) is 2.26. The number of morpholine rings is 1. The number of rotatable bonds is 5. The van der Waals surface area contributed by atoms with Crippen LogP contribution in [0, 0.1) is 0 Å². The zero-order valence-electron chi connectivity index (χ0n) is 12.3. The van der Waals surface area contributed by atoms with Gasteiger partial charge in [-0.2, -0.15) is 0 Å². The SMILES string of the molecule is O=C(CS(=O)(=O)Cc1csc(-c2ccco2)n1)N1CCOCC1. The second-order valence-corrected chi connectivity index (χ2v) is 8.07. The van der Waals surface area contributed by atoms with Crippen molar-refractivity contribution in [1.29, 1.82) is 0 Å².